The van der Waals surface area contributed by atoms with Crippen LogP contribution in [0, 0.1) is 0 Å². The molecule has 0 atom stereocenters. The molecule has 0 bridgehead atoms. The van der Waals surface area contributed by atoms with Crippen molar-refractivity contribution in [3.63, 3.8) is 0 Å². The van der Waals surface area contributed by atoms with Gasteiger partial charge in [-0.3, -0.25) is 4.79 Å². The molecule has 0 saturated carbocycles. The lowest BCUT2D eigenvalue weighted by Gasteiger charge is -2.17. The molecule has 1 rings (SSSR count). The number of amides is 1. The molecule has 5 heteroatoms. The number of hydrogen-bond donors (Lipinski definition) is 2. The minimum Gasteiger partial charge on any atom is -0.495 e. The van der Waals surface area contributed by atoms with Crippen LogP contribution in [0.15, 0.2) is 18.2 Å². The summed E-state index contributed by atoms with van der Waals surface area (Å²) in [7, 11) is 1.57. The van der Waals surface area contributed by atoms with Crippen molar-refractivity contribution < 1.29 is 9.53 Å². The number of carbonyl (C=O) groups is 1. The van der Waals surface area contributed by atoms with Crippen LogP contribution in [-0.2, 0) is 4.79 Å². The van der Waals surface area contributed by atoms with Gasteiger partial charge >= 0.3 is 0 Å². The van der Waals surface area contributed by atoms with Crippen LogP contribution in [0.25, 0.3) is 0 Å². The maximum atomic E-state index is 11.9. The predicted octanol–water partition coefficient (Wildman–Crippen LogP) is 1.95. The number of nitrogens with two attached hydrogens (primary N) is 1. The molecule has 0 aliphatic rings. The van der Waals surface area contributed by atoms with Gasteiger partial charge < -0.3 is 20.7 Å². The fourth-order valence-electron chi connectivity index (χ4n) is 1.84. The summed E-state index contributed by atoms with van der Waals surface area (Å²) in [5.74, 6) is 0.584. The first-order valence-electron chi connectivity index (χ1n) is 6.56. The second-order valence-electron chi connectivity index (χ2n) is 4.28. The zero-order valence-corrected chi connectivity index (χ0v) is 11.9. The molecule has 0 saturated heterocycles. The van der Waals surface area contributed by atoms with Crippen molar-refractivity contribution in [1.82, 2.24) is 4.90 Å². The van der Waals surface area contributed by atoms with E-state index in [2.05, 4.69) is 24.1 Å². The van der Waals surface area contributed by atoms with Gasteiger partial charge in [0, 0.05) is 18.7 Å². The Morgan fingerprint density at radius 1 is 1.37 bits per heavy atom. The Kier molecular flexibility index (Phi) is 6.15. The molecule has 0 aliphatic heterocycles. The Labute approximate surface area is 114 Å². The highest BCUT2D eigenvalue weighted by Gasteiger charge is 2.09. The molecular weight excluding hydrogens is 242 g/mol. The number of rotatable bonds is 7. The van der Waals surface area contributed by atoms with Crippen LogP contribution in [-0.4, -0.2) is 37.6 Å². The van der Waals surface area contributed by atoms with E-state index >= 15 is 0 Å². The number of ether oxygens (including phenoxy) is 1. The van der Waals surface area contributed by atoms with Crippen LogP contribution in [0.4, 0.5) is 11.4 Å². The quantitative estimate of drug-likeness (QED) is 0.739. The first kappa shape index (κ1) is 15.3. The number of carbonyl (C=O) groups excluding carboxylic acids is 1. The van der Waals surface area contributed by atoms with Crippen LogP contribution in [0.2, 0.25) is 0 Å². The lowest BCUT2D eigenvalue weighted by atomic mass is 10.2. The molecule has 1 aromatic carbocycles. The minimum absolute atomic E-state index is 0.0317. The van der Waals surface area contributed by atoms with Crippen LogP contribution in [0.5, 0.6) is 5.75 Å². The van der Waals surface area contributed by atoms with E-state index in [4.69, 9.17) is 10.5 Å². The summed E-state index contributed by atoms with van der Waals surface area (Å²) in [5.41, 5.74) is 6.92. The lowest BCUT2D eigenvalue weighted by molar-refractivity contribution is -0.116. The van der Waals surface area contributed by atoms with E-state index in [0.717, 1.165) is 19.6 Å². The number of benzene rings is 1. The largest absolute Gasteiger partial charge is 0.495 e. The molecule has 0 aliphatic carbocycles. The van der Waals surface area contributed by atoms with Gasteiger partial charge in [-0.15, -0.1) is 0 Å². The van der Waals surface area contributed by atoms with Crippen LogP contribution >= 0.6 is 0 Å². The highest BCUT2D eigenvalue weighted by atomic mass is 16.5. The van der Waals surface area contributed by atoms with E-state index < -0.39 is 0 Å². The molecule has 0 radical (unpaired) electrons. The normalized spacial score (nSPS) is 10.5. The summed E-state index contributed by atoms with van der Waals surface area (Å²) in [4.78, 5) is 14.1. The fraction of sp³-hybridized carbons (Fsp3) is 0.500. The fourth-order valence-corrected chi connectivity index (χ4v) is 1.84. The van der Waals surface area contributed by atoms with E-state index in [1.807, 2.05) is 0 Å². The Bertz CT molecular complexity index is 417. The molecule has 0 aromatic heterocycles. The van der Waals surface area contributed by atoms with E-state index in [1.54, 1.807) is 25.3 Å². The Morgan fingerprint density at radius 3 is 2.63 bits per heavy atom. The molecule has 0 spiro atoms. The average molecular weight is 265 g/mol. The summed E-state index contributed by atoms with van der Waals surface area (Å²) < 4.78 is 5.19. The lowest BCUT2D eigenvalue weighted by Crippen LogP contribution is -2.27. The van der Waals surface area contributed by atoms with Crippen LogP contribution in [0.3, 0.4) is 0 Å². The van der Waals surface area contributed by atoms with Gasteiger partial charge in [0.2, 0.25) is 5.91 Å². The Hall–Kier alpha value is -1.75. The summed E-state index contributed by atoms with van der Waals surface area (Å²) in [5, 5.41) is 2.84. The van der Waals surface area contributed by atoms with Gasteiger partial charge in [0.15, 0.2) is 0 Å². The van der Waals surface area contributed by atoms with Crippen LogP contribution < -0.4 is 15.8 Å². The molecular formula is C14H23N3O2. The highest BCUT2D eigenvalue weighted by molar-refractivity contribution is 5.93. The number of methoxy groups -OCH3 is 1. The Morgan fingerprint density at radius 2 is 2.05 bits per heavy atom. The number of nitrogen functional groups attached to an aromatic ring is 1. The Balaban J connectivity index is 2.59. The van der Waals surface area contributed by atoms with Gasteiger partial charge in [0.25, 0.3) is 0 Å². The molecule has 1 amide bonds. The van der Waals surface area contributed by atoms with Gasteiger partial charge in [-0.05, 0) is 31.3 Å². The van der Waals surface area contributed by atoms with E-state index in [9.17, 15) is 4.79 Å². The third-order valence-electron chi connectivity index (χ3n) is 3.05. The topological polar surface area (TPSA) is 67.6 Å². The summed E-state index contributed by atoms with van der Waals surface area (Å²) in [6.07, 6.45) is 0.458. The van der Waals surface area contributed by atoms with Crippen molar-refractivity contribution in [1.29, 1.82) is 0 Å². The second-order valence-corrected chi connectivity index (χ2v) is 4.28. The van der Waals surface area contributed by atoms with Crippen molar-refractivity contribution in [3.05, 3.63) is 18.2 Å². The standard InChI is InChI=1S/C14H23N3O2/c1-4-17(5-2)9-8-14(18)16-12-10-11(15)6-7-13(12)19-3/h6-7,10H,4-5,8-9,15H2,1-3H3,(H,16,18). The van der Waals surface area contributed by atoms with Gasteiger partial charge in [-0.25, -0.2) is 0 Å². The van der Waals surface area contributed by atoms with Gasteiger partial charge in [0.05, 0.1) is 12.8 Å². The number of hydrogen-bond acceptors (Lipinski definition) is 4. The summed E-state index contributed by atoms with van der Waals surface area (Å²) >= 11 is 0. The molecule has 1 aromatic rings. The van der Waals surface area contributed by atoms with Crippen molar-refractivity contribution >= 4 is 17.3 Å². The minimum atomic E-state index is -0.0317. The smallest absolute Gasteiger partial charge is 0.225 e. The van der Waals surface area contributed by atoms with Gasteiger partial charge in [-0.2, -0.15) is 0 Å². The van der Waals surface area contributed by atoms with Crippen molar-refractivity contribution in [2.45, 2.75) is 20.3 Å². The zero-order valence-electron chi connectivity index (χ0n) is 11.9. The molecule has 0 heterocycles. The number of nitrogens with zero attached hydrogens (tertiary/aromatic N) is 1. The predicted molar refractivity (Wildman–Crippen MR) is 78.4 cm³/mol. The maximum absolute atomic E-state index is 11.9. The number of anilines is 2. The molecule has 5 nitrogen and oxygen atoms in total. The third kappa shape index (κ3) is 4.79. The van der Waals surface area contributed by atoms with Crippen molar-refractivity contribution in [2.24, 2.45) is 0 Å². The molecule has 106 valence electrons. The first-order valence-corrected chi connectivity index (χ1v) is 6.56. The average Bonchev–Trinajstić information content (AvgIpc) is 2.40. The SMILES string of the molecule is CCN(CC)CCC(=O)Nc1cc(N)ccc1OC. The van der Waals surface area contributed by atoms with E-state index in [-0.39, 0.29) is 5.91 Å². The summed E-state index contributed by atoms with van der Waals surface area (Å²) in [6, 6.07) is 5.19. The van der Waals surface area contributed by atoms with Crippen molar-refractivity contribution in [2.75, 3.05) is 37.8 Å². The zero-order chi connectivity index (χ0) is 14.3. The van der Waals surface area contributed by atoms with Crippen molar-refractivity contribution in [3.8, 4) is 5.75 Å². The third-order valence-corrected chi connectivity index (χ3v) is 3.05. The van der Waals surface area contributed by atoms with E-state index in [1.165, 1.54) is 0 Å². The molecule has 3 N–H and O–H groups in total. The molecule has 19 heavy (non-hydrogen) atoms. The maximum Gasteiger partial charge on any atom is 0.225 e. The van der Waals surface area contributed by atoms with Gasteiger partial charge in [0.1, 0.15) is 5.75 Å². The van der Waals surface area contributed by atoms with Crippen LogP contribution in [0.1, 0.15) is 20.3 Å². The molecule has 0 unspecified atom stereocenters. The molecule has 0 fully saturated rings. The highest BCUT2D eigenvalue weighted by Crippen LogP contribution is 2.26. The second kappa shape index (κ2) is 7.63. The first-order chi connectivity index (χ1) is 9.10. The number of nitrogens with one attached hydrogen (secondary N) is 1. The summed E-state index contributed by atoms with van der Waals surface area (Å²) in [6.45, 7) is 6.82. The monoisotopic (exact) mass is 265 g/mol. The van der Waals surface area contributed by atoms with E-state index in [0.29, 0.717) is 23.5 Å². The van der Waals surface area contributed by atoms with Gasteiger partial charge in [-0.1, -0.05) is 13.8 Å².